The zero-order valence-corrected chi connectivity index (χ0v) is 16.4. The van der Waals surface area contributed by atoms with Gasteiger partial charge in [-0.2, -0.15) is 0 Å². The van der Waals surface area contributed by atoms with Gasteiger partial charge in [0.25, 0.3) is 0 Å². The largest absolute Gasteiger partial charge is 0.491 e. The number of nitrogens with zero attached hydrogens (tertiary/aromatic N) is 1. The average molecular weight is 393 g/mol. The number of nitrogens with one attached hydrogen (secondary N) is 1. The lowest BCUT2D eigenvalue weighted by Gasteiger charge is -2.11. The lowest BCUT2D eigenvalue weighted by Crippen LogP contribution is -2.23. The van der Waals surface area contributed by atoms with Crippen molar-refractivity contribution in [3.63, 3.8) is 0 Å². The lowest BCUT2D eigenvalue weighted by atomic mass is 10.2. The molecular formula is C18H20N2O4S2. The molecule has 26 heavy (non-hydrogen) atoms. The quantitative estimate of drug-likeness (QED) is 0.700. The molecule has 1 heterocycles. The van der Waals surface area contributed by atoms with Gasteiger partial charge in [0.1, 0.15) is 5.75 Å². The van der Waals surface area contributed by atoms with Gasteiger partial charge in [0, 0.05) is 13.6 Å². The van der Waals surface area contributed by atoms with E-state index in [4.69, 9.17) is 4.74 Å². The van der Waals surface area contributed by atoms with E-state index >= 15 is 0 Å². The molecular weight excluding hydrogens is 372 g/mol. The Balaban J connectivity index is 1.80. The summed E-state index contributed by atoms with van der Waals surface area (Å²) in [5.41, 5.74) is 1.52. The van der Waals surface area contributed by atoms with Crippen molar-refractivity contribution < 1.29 is 13.2 Å². The van der Waals surface area contributed by atoms with Crippen LogP contribution in [0.25, 0.3) is 10.2 Å². The molecule has 6 nitrogen and oxygen atoms in total. The molecule has 0 saturated carbocycles. The molecule has 138 valence electrons. The fourth-order valence-corrected chi connectivity index (χ4v) is 4.58. The second-order valence-corrected chi connectivity index (χ2v) is 8.96. The van der Waals surface area contributed by atoms with Crippen LogP contribution in [0.3, 0.4) is 0 Å². The molecule has 0 spiro atoms. The zero-order chi connectivity index (χ0) is 18.9. The minimum atomic E-state index is -3.68. The number of aromatic nitrogens is 1. The van der Waals surface area contributed by atoms with Crippen molar-refractivity contribution >= 4 is 31.6 Å². The molecule has 0 amide bonds. The smallest absolute Gasteiger partial charge is 0.307 e. The van der Waals surface area contributed by atoms with Crippen molar-refractivity contribution in [2.75, 3.05) is 0 Å². The number of hydrogen-bond acceptors (Lipinski definition) is 5. The molecule has 0 fully saturated rings. The van der Waals surface area contributed by atoms with Crippen LogP contribution in [-0.2, 0) is 23.6 Å². The van der Waals surface area contributed by atoms with E-state index in [1.54, 1.807) is 13.1 Å². The summed E-state index contributed by atoms with van der Waals surface area (Å²) in [5, 5.41) is 0. The van der Waals surface area contributed by atoms with Crippen LogP contribution >= 0.6 is 11.3 Å². The first kappa shape index (κ1) is 18.6. The molecule has 0 atom stereocenters. The van der Waals surface area contributed by atoms with Gasteiger partial charge < -0.3 is 9.30 Å². The van der Waals surface area contributed by atoms with E-state index in [0.29, 0.717) is 10.4 Å². The monoisotopic (exact) mass is 392 g/mol. The van der Waals surface area contributed by atoms with Gasteiger partial charge in [0.05, 0.1) is 21.2 Å². The van der Waals surface area contributed by atoms with Gasteiger partial charge in [-0.25, -0.2) is 13.1 Å². The Morgan fingerprint density at radius 1 is 1.19 bits per heavy atom. The molecule has 0 aliphatic heterocycles. The molecule has 1 N–H and O–H groups in total. The van der Waals surface area contributed by atoms with Crippen molar-refractivity contribution in [2.45, 2.75) is 31.4 Å². The standard InChI is InChI=1S/C18H20N2O4S2/c1-12(2)24-14-6-4-5-13(9-14)11-19-26(22,23)15-7-8-16-17(10-15)25-18(21)20(16)3/h4-10,12,19H,11H2,1-3H3. The third-order valence-corrected chi connectivity index (χ3v) is 6.20. The Kier molecular flexibility index (Phi) is 5.17. The first-order valence-electron chi connectivity index (χ1n) is 8.11. The Hall–Kier alpha value is -2.16. The van der Waals surface area contributed by atoms with E-state index in [0.717, 1.165) is 22.4 Å². The van der Waals surface area contributed by atoms with Gasteiger partial charge in [-0.15, -0.1) is 0 Å². The van der Waals surface area contributed by atoms with Gasteiger partial charge in [0.15, 0.2) is 0 Å². The SMILES string of the molecule is CC(C)Oc1cccc(CNS(=O)(=O)c2ccc3c(c2)sc(=O)n3C)c1. The summed E-state index contributed by atoms with van der Waals surface area (Å²) in [6, 6.07) is 12.0. The maximum absolute atomic E-state index is 12.6. The molecule has 0 saturated heterocycles. The van der Waals surface area contributed by atoms with E-state index in [2.05, 4.69) is 4.72 Å². The number of rotatable bonds is 6. The normalized spacial score (nSPS) is 12.0. The summed E-state index contributed by atoms with van der Waals surface area (Å²) < 4.78 is 35.5. The first-order chi connectivity index (χ1) is 12.3. The van der Waals surface area contributed by atoms with Gasteiger partial charge >= 0.3 is 4.87 Å². The third-order valence-electron chi connectivity index (χ3n) is 3.81. The highest BCUT2D eigenvalue weighted by Crippen LogP contribution is 2.21. The van der Waals surface area contributed by atoms with E-state index in [9.17, 15) is 13.2 Å². The van der Waals surface area contributed by atoms with Crippen molar-refractivity contribution in [2.24, 2.45) is 7.05 Å². The molecule has 0 unspecified atom stereocenters. The first-order valence-corrected chi connectivity index (χ1v) is 10.4. The van der Waals surface area contributed by atoms with Crippen molar-refractivity contribution in [1.29, 1.82) is 0 Å². The van der Waals surface area contributed by atoms with Crippen LogP contribution < -0.4 is 14.3 Å². The summed E-state index contributed by atoms with van der Waals surface area (Å²) in [6.45, 7) is 4.02. The second kappa shape index (κ2) is 7.22. The fourth-order valence-electron chi connectivity index (χ4n) is 2.54. The molecule has 0 aliphatic rings. The minimum absolute atomic E-state index is 0.0479. The Morgan fingerprint density at radius 2 is 1.96 bits per heavy atom. The molecule has 8 heteroatoms. The molecule has 3 aromatic rings. The van der Waals surface area contributed by atoms with Gasteiger partial charge in [-0.05, 0) is 49.7 Å². The Morgan fingerprint density at radius 3 is 2.69 bits per heavy atom. The predicted molar refractivity (Wildman–Crippen MR) is 103 cm³/mol. The summed E-state index contributed by atoms with van der Waals surface area (Å²) in [7, 11) is -2.02. The van der Waals surface area contributed by atoms with Crippen LogP contribution in [0.2, 0.25) is 0 Å². The van der Waals surface area contributed by atoms with Crippen LogP contribution in [0.4, 0.5) is 0 Å². The minimum Gasteiger partial charge on any atom is -0.491 e. The number of hydrogen-bond donors (Lipinski definition) is 1. The van der Waals surface area contributed by atoms with Crippen LogP contribution in [0.1, 0.15) is 19.4 Å². The fraction of sp³-hybridized carbons (Fsp3) is 0.278. The van der Waals surface area contributed by atoms with Crippen LogP contribution in [-0.4, -0.2) is 19.1 Å². The summed E-state index contributed by atoms with van der Waals surface area (Å²) in [5.74, 6) is 0.701. The van der Waals surface area contributed by atoms with Crippen molar-refractivity contribution in [3.05, 3.63) is 57.7 Å². The number of fused-ring (bicyclic) bond motifs is 1. The number of ether oxygens (including phenoxy) is 1. The van der Waals surface area contributed by atoms with Gasteiger partial charge in [-0.3, -0.25) is 4.79 Å². The topological polar surface area (TPSA) is 77.4 Å². The van der Waals surface area contributed by atoms with Crippen molar-refractivity contribution in [3.8, 4) is 5.75 Å². The Bertz CT molecular complexity index is 1100. The highest BCUT2D eigenvalue weighted by Gasteiger charge is 2.16. The van der Waals surface area contributed by atoms with Gasteiger partial charge in [0.2, 0.25) is 10.0 Å². The summed E-state index contributed by atoms with van der Waals surface area (Å²) in [4.78, 5) is 11.7. The predicted octanol–water partition coefficient (Wildman–Crippen LogP) is 2.87. The van der Waals surface area contributed by atoms with E-state index in [-0.39, 0.29) is 22.4 Å². The van der Waals surface area contributed by atoms with E-state index in [1.165, 1.54) is 16.7 Å². The van der Waals surface area contributed by atoms with E-state index < -0.39 is 10.0 Å². The second-order valence-electron chi connectivity index (χ2n) is 6.20. The van der Waals surface area contributed by atoms with Crippen LogP contribution in [0, 0.1) is 0 Å². The highest BCUT2D eigenvalue weighted by molar-refractivity contribution is 7.89. The number of sulfonamides is 1. The summed E-state index contributed by atoms with van der Waals surface area (Å²) in [6.07, 6.45) is 0.0479. The third kappa shape index (κ3) is 3.98. The van der Waals surface area contributed by atoms with Crippen LogP contribution in [0.15, 0.2) is 52.2 Å². The molecule has 2 aromatic carbocycles. The lowest BCUT2D eigenvalue weighted by molar-refractivity contribution is 0.242. The Labute approximate surface area is 156 Å². The molecule has 1 aromatic heterocycles. The molecule has 0 radical (unpaired) electrons. The molecule has 0 bridgehead atoms. The number of aryl methyl sites for hydroxylation is 1. The molecule has 0 aliphatic carbocycles. The summed E-state index contributed by atoms with van der Waals surface area (Å²) >= 11 is 1.03. The number of thiazole rings is 1. The van der Waals surface area contributed by atoms with Crippen molar-refractivity contribution in [1.82, 2.24) is 9.29 Å². The number of benzene rings is 2. The maximum Gasteiger partial charge on any atom is 0.307 e. The zero-order valence-electron chi connectivity index (χ0n) is 14.7. The van der Waals surface area contributed by atoms with Crippen LogP contribution in [0.5, 0.6) is 5.75 Å². The molecule has 3 rings (SSSR count). The maximum atomic E-state index is 12.6. The average Bonchev–Trinajstić information content (AvgIpc) is 2.87. The van der Waals surface area contributed by atoms with E-state index in [1.807, 2.05) is 38.1 Å². The highest BCUT2D eigenvalue weighted by atomic mass is 32.2. The van der Waals surface area contributed by atoms with Gasteiger partial charge in [-0.1, -0.05) is 23.5 Å².